The van der Waals surface area contributed by atoms with Crippen LogP contribution < -0.4 is 9.80 Å². The van der Waals surface area contributed by atoms with Gasteiger partial charge in [-0.1, -0.05) is 60.3 Å². The number of rotatable bonds is 7. The molecule has 228 valence electrons. The average Bonchev–Trinajstić information content (AvgIpc) is 3.08. The molecule has 0 bridgehead atoms. The van der Waals surface area contributed by atoms with Gasteiger partial charge in [-0.2, -0.15) is 13.2 Å². The number of ether oxygens (including phenoxy) is 1. The maximum Gasteiger partial charge on any atom is 0.416 e. The van der Waals surface area contributed by atoms with Crippen LogP contribution in [0.5, 0.6) is 0 Å². The molecule has 0 spiro atoms. The van der Waals surface area contributed by atoms with Gasteiger partial charge < -0.3 is 19.4 Å². The summed E-state index contributed by atoms with van der Waals surface area (Å²) < 4.78 is 45.1. The third-order valence-electron chi connectivity index (χ3n) is 7.77. The number of aromatic nitrogens is 2. The highest BCUT2D eigenvalue weighted by Crippen LogP contribution is 2.33. The number of anilines is 2. The van der Waals surface area contributed by atoms with E-state index >= 15 is 0 Å². The van der Waals surface area contributed by atoms with Crippen molar-refractivity contribution in [2.45, 2.75) is 17.1 Å². The van der Waals surface area contributed by atoms with E-state index in [9.17, 15) is 18.0 Å². The zero-order valence-electron chi connectivity index (χ0n) is 24.0. The topological polar surface area (TPSA) is 61.8 Å². The third-order valence-corrected chi connectivity index (χ3v) is 8.69. The largest absolute Gasteiger partial charge is 0.416 e. The summed E-state index contributed by atoms with van der Waals surface area (Å²) in [6.45, 7) is 4.72. The summed E-state index contributed by atoms with van der Waals surface area (Å²) >= 11 is 1.53. The molecule has 2 aliphatic rings. The Morgan fingerprint density at radius 1 is 0.795 bits per heavy atom. The Balaban J connectivity index is 1.16. The van der Waals surface area contributed by atoms with E-state index in [0.29, 0.717) is 74.6 Å². The lowest BCUT2D eigenvalue weighted by Gasteiger charge is -2.37. The molecule has 3 heterocycles. The van der Waals surface area contributed by atoms with E-state index in [0.717, 1.165) is 28.7 Å². The van der Waals surface area contributed by atoms with E-state index < -0.39 is 11.7 Å². The molecule has 0 atom stereocenters. The van der Waals surface area contributed by atoms with Gasteiger partial charge in [-0.05, 0) is 35.9 Å². The summed E-state index contributed by atoms with van der Waals surface area (Å²) in [7, 11) is 0. The molecule has 6 rings (SSSR count). The standard InChI is InChI=1S/C33H32F3N5O2S/c34-33(35,36)27-7-4-8-28(21-27)39-13-15-40(16-14-39)30-22-29(25-5-2-1-3-6-25)37-32(38-30)44-23-24-9-11-26(12-10-24)31(42)41-17-19-43-20-18-41/h1-12,21-22H,13-20,23H2. The first-order valence-electron chi connectivity index (χ1n) is 14.5. The molecule has 0 aliphatic carbocycles. The predicted octanol–water partition coefficient (Wildman–Crippen LogP) is 6.25. The van der Waals surface area contributed by atoms with Gasteiger partial charge in [0.25, 0.3) is 5.91 Å². The Morgan fingerprint density at radius 3 is 2.20 bits per heavy atom. The van der Waals surface area contributed by atoms with Gasteiger partial charge in [-0.25, -0.2) is 9.97 Å². The van der Waals surface area contributed by atoms with Crippen LogP contribution in [0.2, 0.25) is 0 Å². The number of piperazine rings is 1. The van der Waals surface area contributed by atoms with Crippen LogP contribution in [-0.4, -0.2) is 73.3 Å². The minimum atomic E-state index is -4.37. The number of benzene rings is 3. The van der Waals surface area contributed by atoms with Crippen molar-refractivity contribution in [2.75, 3.05) is 62.3 Å². The first-order valence-corrected chi connectivity index (χ1v) is 15.5. The Labute approximate surface area is 258 Å². The summed E-state index contributed by atoms with van der Waals surface area (Å²) in [4.78, 5) is 28.5. The van der Waals surface area contributed by atoms with E-state index in [1.54, 1.807) is 6.07 Å². The van der Waals surface area contributed by atoms with Crippen LogP contribution in [0.15, 0.2) is 90.1 Å². The molecule has 0 N–H and O–H groups in total. The van der Waals surface area contributed by atoms with Crippen molar-refractivity contribution < 1.29 is 22.7 Å². The highest BCUT2D eigenvalue weighted by atomic mass is 32.2. The SMILES string of the molecule is O=C(c1ccc(CSc2nc(-c3ccccc3)cc(N3CCN(c4cccc(C(F)(F)F)c4)CC3)n2)cc1)N1CCOCC1. The van der Waals surface area contributed by atoms with Gasteiger partial charge in [0.2, 0.25) is 0 Å². The van der Waals surface area contributed by atoms with Crippen LogP contribution in [-0.2, 0) is 16.7 Å². The molecule has 2 aliphatic heterocycles. The van der Waals surface area contributed by atoms with Crippen molar-refractivity contribution in [3.63, 3.8) is 0 Å². The van der Waals surface area contributed by atoms with Gasteiger partial charge in [0.05, 0.1) is 24.5 Å². The fraction of sp³-hybridized carbons (Fsp3) is 0.303. The van der Waals surface area contributed by atoms with E-state index in [2.05, 4.69) is 4.90 Å². The summed E-state index contributed by atoms with van der Waals surface area (Å²) in [5.74, 6) is 1.44. The summed E-state index contributed by atoms with van der Waals surface area (Å²) in [5, 5.41) is 0.634. The highest BCUT2D eigenvalue weighted by Gasteiger charge is 2.31. The van der Waals surface area contributed by atoms with Gasteiger partial charge in [0, 0.05) is 67.9 Å². The summed E-state index contributed by atoms with van der Waals surface area (Å²) in [6, 6.07) is 25.1. The number of nitrogens with zero attached hydrogens (tertiary/aromatic N) is 5. The molecule has 0 unspecified atom stereocenters. The second-order valence-electron chi connectivity index (χ2n) is 10.7. The molecule has 2 saturated heterocycles. The van der Waals surface area contributed by atoms with E-state index in [1.165, 1.54) is 23.9 Å². The predicted molar refractivity (Wildman–Crippen MR) is 166 cm³/mol. The maximum atomic E-state index is 13.3. The second kappa shape index (κ2) is 13.3. The lowest BCUT2D eigenvalue weighted by atomic mass is 10.1. The van der Waals surface area contributed by atoms with Crippen molar-refractivity contribution in [2.24, 2.45) is 0 Å². The van der Waals surface area contributed by atoms with Crippen LogP contribution in [0.1, 0.15) is 21.5 Å². The van der Waals surface area contributed by atoms with Gasteiger partial charge in [0.1, 0.15) is 5.82 Å². The number of morpholine rings is 1. The number of hydrogen-bond acceptors (Lipinski definition) is 7. The number of hydrogen-bond donors (Lipinski definition) is 0. The van der Waals surface area contributed by atoms with Crippen molar-refractivity contribution in [3.05, 3.63) is 102 Å². The third kappa shape index (κ3) is 7.16. The van der Waals surface area contributed by atoms with E-state index in [1.807, 2.05) is 70.5 Å². The summed E-state index contributed by atoms with van der Waals surface area (Å²) in [5.41, 5.74) is 3.44. The fourth-order valence-electron chi connectivity index (χ4n) is 5.31. The molecule has 11 heteroatoms. The van der Waals surface area contributed by atoms with Crippen molar-refractivity contribution in [3.8, 4) is 11.3 Å². The van der Waals surface area contributed by atoms with Gasteiger partial charge in [0.15, 0.2) is 5.16 Å². The molecule has 2 fully saturated rings. The van der Waals surface area contributed by atoms with Crippen molar-refractivity contribution in [1.82, 2.24) is 14.9 Å². The van der Waals surface area contributed by atoms with Crippen LogP contribution in [0, 0.1) is 0 Å². The molecule has 0 saturated carbocycles. The van der Waals surface area contributed by atoms with Crippen LogP contribution in [0.4, 0.5) is 24.7 Å². The lowest BCUT2D eigenvalue weighted by molar-refractivity contribution is -0.137. The fourth-order valence-corrected chi connectivity index (χ4v) is 6.12. The second-order valence-corrected chi connectivity index (χ2v) is 11.6. The first-order chi connectivity index (χ1) is 21.3. The Bertz CT molecular complexity index is 1570. The smallest absolute Gasteiger partial charge is 0.378 e. The lowest BCUT2D eigenvalue weighted by Crippen LogP contribution is -2.47. The quantitative estimate of drug-likeness (QED) is 0.179. The minimum absolute atomic E-state index is 0.0178. The Hall–Kier alpha value is -4.09. The average molecular weight is 620 g/mol. The minimum Gasteiger partial charge on any atom is -0.378 e. The van der Waals surface area contributed by atoms with Gasteiger partial charge in [-0.15, -0.1) is 0 Å². The molecule has 44 heavy (non-hydrogen) atoms. The normalized spacial score (nSPS) is 15.8. The van der Waals surface area contributed by atoms with Crippen LogP contribution >= 0.6 is 11.8 Å². The number of amides is 1. The Morgan fingerprint density at radius 2 is 1.50 bits per heavy atom. The number of carbonyl (C=O) groups excluding carboxylic acids is 1. The number of halogens is 3. The molecule has 3 aromatic carbocycles. The van der Waals surface area contributed by atoms with Gasteiger partial charge in [-0.3, -0.25) is 4.79 Å². The molecule has 1 amide bonds. The molecule has 0 radical (unpaired) electrons. The van der Waals surface area contributed by atoms with Crippen LogP contribution in [0.25, 0.3) is 11.3 Å². The zero-order valence-corrected chi connectivity index (χ0v) is 24.9. The number of carbonyl (C=O) groups is 1. The number of alkyl halides is 3. The molecule has 4 aromatic rings. The monoisotopic (exact) mass is 619 g/mol. The molecule has 1 aromatic heterocycles. The van der Waals surface area contributed by atoms with Crippen molar-refractivity contribution in [1.29, 1.82) is 0 Å². The van der Waals surface area contributed by atoms with E-state index in [-0.39, 0.29) is 5.91 Å². The van der Waals surface area contributed by atoms with E-state index in [4.69, 9.17) is 14.7 Å². The maximum absolute atomic E-state index is 13.3. The number of thioether (sulfide) groups is 1. The van der Waals surface area contributed by atoms with Crippen LogP contribution in [0.3, 0.4) is 0 Å². The van der Waals surface area contributed by atoms with Crippen molar-refractivity contribution >= 4 is 29.2 Å². The Kier molecular flexibility index (Phi) is 9.04. The van der Waals surface area contributed by atoms with Gasteiger partial charge >= 0.3 is 6.18 Å². The first kappa shape index (κ1) is 30.0. The highest BCUT2D eigenvalue weighted by molar-refractivity contribution is 7.98. The molecule has 7 nitrogen and oxygen atoms in total. The summed E-state index contributed by atoms with van der Waals surface area (Å²) in [6.07, 6.45) is -4.37. The zero-order chi connectivity index (χ0) is 30.5. The molecular formula is C33H32F3N5O2S. The molecular weight excluding hydrogens is 587 g/mol.